The SMILES string of the molecule is Oc1cc(O)cc(-c2nc3cc(-c4ccc(F)c(F)c4F)ccc3s2)c1. The van der Waals surface area contributed by atoms with Gasteiger partial charge in [-0.1, -0.05) is 6.07 Å². The minimum atomic E-state index is -1.52. The fourth-order valence-electron chi connectivity index (χ4n) is 2.69. The van der Waals surface area contributed by atoms with Crippen LogP contribution in [0.1, 0.15) is 0 Å². The Bertz CT molecular complexity index is 1140. The van der Waals surface area contributed by atoms with Crippen LogP contribution in [0, 0.1) is 17.5 Å². The van der Waals surface area contributed by atoms with Crippen molar-refractivity contribution in [3.05, 3.63) is 66.0 Å². The fraction of sp³-hybridized carbons (Fsp3) is 0. The normalized spacial score (nSPS) is 11.2. The average molecular weight is 373 g/mol. The van der Waals surface area contributed by atoms with Crippen molar-refractivity contribution in [1.82, 2.24) is 4.98 Å². The summed E-state index contributed by atoms with van der Waals surface area (Å²) >= 11 is 1.32. The zero-order valence-electron chi connectivity index (χ0n) is 13.0. The molecule has 0 unspecified atom stereocenters. The van der Waals surface area contributed by atoms with Gasteiger partial charge in [-0.05, 0) is 42.0 Å². The second-order valence-corrected chi connectivity index (χ2v) is 6.69. The lowest BCUT2D eigenvalue weighted by Gasteiger charge is -2.04. The first kappa shape index (κ1) is 16.4. The van der Waals surface area contributed by atoms with Crippen LogP contribution >= 0.6 is 11.3 Å². The van der Waals surface area contributed by atoms with Crippen LogP contribution in [-0.4, -0.2) is 15.2 Å². The number of fused-ring (bicyclic) bond motifs is 1. The highest BCUT2D eigenvalue weighted by molar-refractivity contribution is 7.21. The van der Waals surface area contributed by atoms with Gasteiger partial charge < -0.3 is 10.2 Å². The Morgan fingerprint density at radius 2 is 1.50 bits per heavy atom. The van der Waals surface area contributed by atoms with Gasteiger partial charge in [-0.15, -0.1) is 11.3 Å². The molecule has 0 aliphatic carbocycles. The number of aromatic hydroxyl groups is 2. The lowest BCUT2D eigenvalue weighted by Crippen LogP contribution is -1.93. The molecule has 26 heavy (non-hydrogen) atoms. The molecular weight excluding hydrogens is 363 g/mol. The molecule has 3 aromatic carbocycles. The molecule has 1 aromatic heterocycles. The quantitative estimate of drug-likeness (QED) is 0.459. The van der Waals surface area contributed by atoms with E-state index in [4.69, 9.17) is 0 Å². The third kappa shape index (κ3) is 2.76. The molecule has 4 aromatic rings. The molecule has 0 saturated heterocycles. The van der Waals surface area contributed by atoms with Gasteiger partial charge in [-0.3, -0.25) is 0 Å². The molecule has 1 heterocycles. The number of hydrogen-bond donors (Lipinski definition) is 2. The first-order valence-corrected chi connectivity index (χ1v) is 8.32. The third-order valence-corrected chi connectivity index (χ3v) is 4.97. The minimum Gasteiger partial charge on any atom is -0.508 e. The molecule has 7 heteroatoms. The lowest BCUT2D eigenvalue weighted by molar-refractivity contribution is 0.449. The highest BCUT2D eigenvalue weighted by Crippen LogP contribution is 2.36. The second kappa shape index (κ2) is 6.03. The average Bonchev–Trinajstić information content (AvgIpc) is 3.02. The number of benzene rings is 3. The van der Waals surface area contributed by atoms with Crippen LogP contribution in [0.25, 0.3) is 31.9 Å². The van der Waals surface area contributed by atoms with E-state index >= 15 is 0 Å². The summed E-state index contributed by atoms with van der Waals surface area (Å²) in [6, 6.07) is 11.1. The highest BCUT2D eigenvalue weighted by atomic mass is 32.1. The van der Waals surface area contributed by atoms with Crippen LogP contribution in [0.4, 0.5) is 13.2 Å². The van der Waals surface area contributed by atoms with Crippen molar-refractivity contribution in [2.45, 2.75) is 0 Å². The van der Waals surface area contributed by atoms with Gasteiger partial charge in [0.25, 0.3) is 0 Å². The molecule has 0 aliphatic rings. The molecule has 0 radical (unpaired) electrons. The zero-order chi connectivity index (χ0) is 18.4. The summed E-state index contributed by atoms with van der Waals surface area (Å²) in [6.45, 7) is 0. The molecular formula is C19H10F3NO2S. The summed E-state index contributed by atoms with van der Waals surface area (Å²) in [5.74, 6) is -4.20. The van der Waals surface area contributed by atoms with E-state index in [0.29, 0.717) is 21.7 Å². The lowest BCUT2D eigenvalue weighted by atomic mass is 10.0. The maximum absolute atomic E-state index is 14.0. The summed E-state index contributed by atoms with van der Waals surface area (Å²) in [7, 11) is 0. The minimum absolute atomic E-state index is 0.0599. The van der Waals surface area contributed by atoms with E-state index in [2.05, 4.69) is 4.98 Å². The first-order valence-electron chi connectivity index (χ1n) is 7.50. The number of thiazole rings is 1. The standard InChI is InChI=1S/C19H10F3NO2S/c20-14-3-2-13(17(21)18(14)22)9-1-4-16-15(7-9)23-19(26-16)10-5-11(24)8-12(25)6-10/h1-8,24-25H. The molecule has 2 N–H and O–H groups in total. The Morgan fingerprint density at radius 1 is 0.769 bits per heavy atom. The topological polar surface area (TPSA) is 53.4 Å². The molecule has 0 amide bonds. The Kier molecular flexibility index (Phi) is 3.81. The Labute approximate surface area is 149 Å². The van der Waals surface area contributed by atoms with Gasteiger partial charge in [-0.2, -0.15) is 0 Å². The number of phenols is 2. The van der Waals surface area contributed by atoms with E-state index in [-0.39, 0.29) is 17.1 Å². The van der Waals surface area contributed by atoms with Gasteiger partial charge in [0.15, 0.2) is 17.5 Å². The number of aromatic nitrogens is 1. The summed E-state index contributed by atoms with van der Waals surface area (Å²) in [5, 5.41) is 19.8. The van der Waals surface area contributed by atoms with Crippen molar-refractivity contribution < 1.29 is 23.4 Å². The maximum Gasteiger partial charge on any atom is 0.195 e. The fourth-order valence-corrected chi connectivity index (χ4v) is 3.62. The monoisotopic (exact) mass is 373 g/mol. The van der Waals surface area contributed by atoms with E-state index in [1.165, 1.54) is 35.6 Å². The highest BCUT2D eigenvalue weighted by Gasteiger charge is 2.16. The van der Waals surface area contributed by atoms with Gasteiger partial charge in [0.1, 0.15) is 16.5 Å². The van der Waals surface area contributed by atoms with Gasteiger partial charge in [-0.25, -0.2) is 18.2 Å². The molecule has 0 atom stereocenters. The number of nitrogens with zero attached hydrogens (tertiary/aromatic N) is 1. The summed E-state index contributed by atoms with van der Waals surface area (Å²) in [6.07, 6.45) is 0. The second-order valence-electron chi connectivity index (χ2n) is 5.66. The summed E-state index contributed by atoms with van der Waals surface area (Å²) < 4.78 is 41.4. The van der Waals surface area contributed by atoms with Gasteiger partial charge in [0, 0.05) is 17.2 Å². The van der Waals surface area contributed by atoms with Gasteiger partial charge >= 0.3 is 0 Å². The van der Waals surface area contributed by atoms with E-state index in [1.807, 2.05) is 0 Å². The first-order chi connectivity index (χ1) is 12.4. The number of halogens is 3. The van der Waals surface area contributed by atoms with Crippen LogP contribution in [0.2, 0.25) is 0 Å². The van der Waals surface area contributed by atoms with E-state index in [0.717, 1.165) is 10.8 Å². The van der Waals surface area contributed by atoms with E-state index < -0.39 is 17.5 Å². The van der Waals surface area contributed by atoms with Crippen LogP contribution in [0.3, 0.4) is 0 Å². The number of phenolic OH excluding ortho intramolecular Hbond substituents is 2. The van der Waals surface area contributed by atoms with Crippen molar-refractivity contribution in [3.8, 4) is 33.2 Å². The molecule has 4 rings (SSSR count). The van der Waals surface area contributed by atoms with Crippen LogP contribution in [-0.2, 0) is 0 Å². The molecule has 0 spiro atoms. The molecule has 3 nitrogen and oxygen atoms in total. The van der Waals surface area contributed by atoms with Crippen LogP contribution in [0.5, 0.6) is 11.5 Å². The van der Waals surface area contributed by atoms with Gasteiger partial charge in [0.05, 0.1) is 10.2 Å². The van der Waals surface area contributed by atoms with Crippen molar-refractivity contribution in [1.29, 1.82) is 0 Å². The van der Waals surface area contributed by atoms with Crippen molar-refractivity contribution in [2.24, 2.45) is 0 Å². The Morgan fingerprint density at radius 3 is 2.23 bits per heavy atom. The third-order valence-electron chi connectivity index (χ3n) is 3.88. The van der Waals surface area contributed by atoms with Crippen molar-refractivity contribution in [2.75, 3.05) is 0 Å². The van der Waals surface area contributed by atoms with Gasteiger partial charge in [0.2, 0.25) is 0 Å². The summed E-state index contributed by atoms with van der Waals surface area (Å²) in [5.41, 5.74) is 1.37. The van der Waals surface area contributed by atoms with Crippen molar-refractivity contribution in [3.63, 3.8) is 0 Å². The Hall–Kier alpha value is -3.06. The number of rotatable bonds is 2. The molecule has 130 valence electrons. The van der Waals surface area contributed by atoms with Crippen LogP contribution in [0.15, 0.2) is 48.5 Å². The molecule has 0 bridgehead atoms. The zero-order valence-corrected chi connectivity index (χ0v) is 13.8. The Balaban J connectivity index is 1.83. The van der Waals surface area contributed by atoms with Crippen LogP contribution < -0.4 is 0 Å². The molecule has 0 fully saturated rings. The smallest absolute Gasteiger partial charge is 0.195 e. The molecule has 0 aliphatic heterocycles. The van der Waals surface area contributed by atoms with E-state index in [1.54, 1.807) is 18.2 Å². The number of hydrogen-bond acceptors (Lipinski definition) is 4. The predicted octanol–water partition coefficient (Wildman–Crippen LogP) is 5.46. The molecule has 0 saturated carbocycles. The van der Waals surface area contributed by atoms with E-state index in [9.17, 15) is 23.4 Å². The largest absolute Gasteiger partial charge is 0.508 e. The predicted molar refractivity (Wildman–Crippen MR) is 93.7 cm³/mol. The maximum atomic E-state index is 14.0. The van der Waals surface area contributed by atoms with Crippen molar-refractivity contribution >= 4 is 21.6 Å². The summed E-state index contributed by atoms with van der Waals surface area (Å²) in [4.78, 5) is 4.43.